The molecule has 2 nitrogen and oxygen atoms in total. The van der Waals surface area contributed by atoms with E-state index >= 15 is 0 Å². The van der Waals surface area contributed by atoms with Gasteiger partial charge in [0.15, 0.2) is 0 Å². The first-order valence-corrected chi connectivity index (χ1v) is 9.33. The van der Waals surface area contributed by atoms with Crippen LogP contribution in [0.4, 0.5) is 0 Å². The highest BCUT2D eigenvalue weighted by atomic mass is 28.4. The number of hydrogen-bond donors (Lipinski definition) is 0. The largest absolute Gasteiger partial charge is 0.407 e. The topological polar surface area (TPSA) is 18.5 Å². The van der Waals surface area contributed by atoms with Crippen LogP contribution in [0.3, 0.4) is 0 Å². The summed E-state index contributed by atoms with van der Waals surface area (Å²) in [6, 6.07) is 20.7. The van der Waals surface area contributed by atoms with E-state index in [9.17, 15) is 0 Å². The molecular formula is C18H28O2Si2. The Morgan fingerprint density at radius 3 is 1.23 bits per heavy atom. The van der Waals surface area contributed by atoms with Crippen LogP contribution in [-0.4, -0.2) is 31.7 Å². The highest BCUT2D eigenvalue weighted by Crippen LogP contribution is 2.14. The Kier molecular flexibility index (Phi) is 7.22. The molecule has 4 heteroatoms. The first kappa shape index (κ1) is 18.8. The second-order valence-corrected chi connectivity index (χ2v) is 8.54. The third-order valence-electron chi connectivity index (χ3n) is 3.11. The van der Waals surface area contributed by atoms with Crippen molar-refractivity contribution in [3.05, 3.63) is 60.7 Å². The Hall–Kier alpha value is -1.21. The van der Waals surface area contributed by atoms with Gasteiger partial charge in [0.1, 0.15) is 0 Å². The van der Waals surface area contributed by atoms with Gasteiger partial charge in [-0.15, -0.1) is 0 Å². The summed E-state index contributed by atoms with van der Waals surface area (Å²) in [7, 11) is -2.67. The third-order valence-corrected chi connectivity index (χ3v) is 6.90. The van der Waals surface area contributed by atoms with Crippen LogP contribution in [0, 0.1) is 0 Å². The third kappa shape index (κ3) is 4.40. The van der Waals surface area contributed by atoms with Crippen molar-refractivity contribution in [2.24, 2.45) is 0 Å². The molecule has 0 bridgehead atoms. The fourth-order valence-electron chi connectivity index (χ4n) is 2.45. The first-order valence-electron chi connectivity index (χ1n) is 7.51. The molecule has 0 aliphatic rings. The van der Waals surface area contributed by atoms with Gasteiger partial charge >= 0.3 is 8.56 Å². The van der Waals surface area contributed by atoms with E-state index in [0.29, 0.717) is 0 Å². The van der Waals surface area contributed by atoms with E-state index in [-0.39, 0.29) is 23.2 Å². The van der Waals surface area contributed by atoms with Crippen LogP contribution >= 0.6 is 0 Å². The molecule has 0 aromatic heterocycles. The lowest BCUT2D eigenvalue weighted by molar-refractivity contribution is 0.125. The monoisotopic (exact) mass is 332 g/mol. The lowest BCUT2D eigenvalue weighted by Crippen LogP contribution is -2.65. The predicted octanol–water partition coefficient (Wildman–Crippen LogP) is 1.64. The van der Waals surface area contributed by atoms with Gasteiger partial charge in [-0.2, -0.15) is 0 Å². The second kappa shape index (κ2) is 8.43. The van der Waals surface area contributed by atoms with Crippen LogP contribution < -0.4 is 10.4 Å². The summed E-state index contributed by atoms with van der Waals surface area (Å²) >= 11 is 0. The van der Waals surface area contributed by atoms with E-state index in [1.165, 1.54) is 0 Å². The average Bonchev–Trinajstić information content (AvgIpc) is 2.47. The van der Waals surface area contributed by atoms with E-state index in [1.54, 1.807) is 0 Å². The van der Waals surface area contributed by atoms with E-state index in [1.807, 2.05) is 36.4 Å². The number of rotatable bonds is 6. The predicted molar refractivity (Wildman–Crippen MR) is 102 cm³/mol. The molecule has 0 unspecified atom stereocenters. The van der Waals surface area contributed by atoms with Crippen molar-refractivity contribution in [1.82, 2.24) is 0 Å². The van der Waals surface area contributed by atoms with Crippen LogP contribution in [0.5, 0.6) is 0 Å². The molecule has 0 amide bonds. The SMILES string of the molecule is CC(C)O[Si](OC(C)C)(c1ccccc1)c1ccccc1.[SiH4]. The van der Waals surface area contributed by atoms with Crippen molar-refractivity contribution in [3.63, 3.8) is 0 Å². The zero-order valence-electron chi connectivity index (χ0n) is 13.2. The molecule has 0 heterocycles. The summed E-state index contributed by atoms with van der Waals surface area (Å²) in [5.41, 5.74) is 0. The molecule has 22 heavy (non-hydrogen) atoms. The van der Waals surface area contributed by atoms with Gasteiger partial charge < -0.3 is 8.85 Å². The maximum Gasteiger partial charge on any atom is 0.407 e. The van der Waals surface area contributed by atoms with Gasteiger partial charge in [-0.25, -0.2) is 0 Å². The van der Waals surface area contributed by atoms with Gasteiger partial charge in [0.05, 0.1) is 0 Å². The minimum Gasteiger partial charge on any atom is -0.385 e. The molecule has 0 fully saturated rings. The molecule has 2 aromatic carbocycles. The van der Waals surface area contributed by atoms with E-state index in [4.69, 9.17) is 8.85 Å². The van der Waals surface area contributed by atoms with Crippen LogP contribution in [0.1, 0.15) is 27.7 Å². The molecule has 0 saturated heterocycles. The van der Waals surface area contributed by atoms with Gasteiger partial charge in [-0.1, -0.05) is 60.7 Å². The summed E-state index contributed by atoms with van der Waals surface area (Å²) in [6.45, 7) is 8.27. The molecule has 2 aromatic rings. The van der Waals surface area contributed by atoms with Crippen LogP contribution in [0.25, 0.3) is 0 Å². The summed E-state index contributed by atoms with van der Waals surface area (Å²) in [5.74, 6) is 0. The standard InChI is InChI=1S/C18H24O2Si.H4Si/c1-15(2)19-21(20-16(3)4,17-11-7-5-8-12-17)18-13-9-6-10-14-18;/h5-16H,1-4H3;1H4. The molecule has 2 rings (SSSR count). The highest BCUT2D eigenvalue weighted by Gasteiger charge is 2.44. The Bertz CT molecular complexity index is 490. The Labute approximate surface area is 139 Å². The van der Waals surface area contributed by atoms with Crippen LogP contribution in [0.2, 0.25) is 0 Å². The van der Waals surface area contributed by atoms with Crippen molar-refractivity contribution in [3.8, 4) is 0 Å². The molecule has 0 radical (unpaired) electrons. The zero-order valence-corrected chi connectivity index (χ0v) is 14.2. The fraction of sp³-hybridized carbons (Fsp3) is 0.333. The minimum absolute atomic E-state index is 0. The minimum atomic E-state index is -2.67. The number of benzene rings is 2. The van der Waals surface area contributed by atoms with E-state index in [2.05, 4.69) is 52.0 Å². The highest BCUT2D eigenvalue weighted by molar-refractivity contribution is 6.92. The van der Waals surface area contributed by atoms with Crippen molar-refractivity contribution < 1.29 is 8.85 Å². The van der Waals surface area contributed by atoms with Crippen molar-refractivity contribution in [2.45, 2.75) is 39.9 Å². The smallest absolute Gasteiger partial charge is 0.385 e. The average molecular weight is 333 g/mol. The summed E-state index contributed by atoms with van der Waals surface area (Å²) in [5, 5.41) is 2.30. The van der Waals surface area contributed by atoms with Gasteiger partial charge in [0.25, 0.3) is 0 Å². The molecule has 0 aliphatic carbocycles. The molecule has 0 N–H and O–H groups in total. The lowest BCUT2D eigenvalue weighted by atomic mass is 10.4. The van der Waals surface area contributed by atoms with Crippen molar-refractivity contribution in [1.29, 1.82) is 0 Å². The van der Waals surface area contributed by atoms with Gasteiger partial charge in [0.2, 0.25) is 0 Å². The summed E-state index contributed by atoms with van der Waals surface area (Å²) < 4.78 is 12.9. The molecule has 0 spiro atoms. The Balaban J connectivity index is 0.00000242. The van der Waals surface area contributed by atoms with Gasteiger partial charge in [-0.3, -0.25) is 0 Å². The first-order chi connectivity index (χ1) is 10.0. The maximum atomic E-state index is 6.44. The Morgan fingerprint density at radius 1 is 0.636 bits per heavy atom. The lowest BCUT2D eigenvalue weighted by Gasteiger charge is -2.34. The zero-order chi connectivity index (χ0) is 15.3. The van der Waals surface area contributed by atoms with Gasteiger partial charge in [0, 0.05) is 12.2 Å². The van der Waals surface area contributed by atoms with E-state index in [0.717, 1.165) is 10.4 Å². The van der Waals surface area contributed by atoms with E-state index < -0.39 is 8.56 Å². The van der Waals surface area contributed by atoms with Crippen molar-refractivity contribution in [2.75, 3.05) is 0 Å². The second-order valence-electron chi connectivity index (χ2n) is 5.68. The summed E-state index contributed by atoms with van der Waals surface area (Å²) in [6.07, 6.45) is 0.214. The van der Waals surface area contributed by atoms with Crippen molar-refractivity contribution >= 4 is 29.9 Å². The molecule has 120 valence electrons. The molecule has 0 saturated carbocycles. The quantitative estimate of drug-likeness (QED) is 0.749. The maximum absolute atomic E-state index is 6.44. The molecule has 0 aliphatic heterocycles. The fourth-order valence-corrected chi connectivity index (χ4v) is 5.97. The van der Waals surface area contributed by atoms with Gasteiger partial charge in [-0.05, 0) is 49.0 Å². The van der Waals surface area contributed by atoms with Crippen LogP contribution in [-0.2, 0) is 8.85 Å². The number of hydrogen-bond acceptors (Lipinski definition) is 2. The Morgan fingerprint density at radius 2 is 0.955 bits per heavy atom. The van der Waals surface area contributed by atoms with Crippen LogP contribution in [0.15, 0.2) is 60.7 Å². The molecular weight excluding hydrogens is 304 g/mol. The normalized spacial score (nSPS) is 11.5. The summed E-state index contributed by atoms with van der Waals surface area (Å²) in [4.78, 5) is 0. The molecule has 0 atom stereocenters.